The maximum absolute atomic E-state index is 11.5. The van der Waals surface area contributed by atoms with E-state index in [4.69, 9.17) is 11.6 Å². The molecule has 0 radical (unpaired) electrons. The van der Waals surface area contributed by atoms with Gasteiger partial charge in [-0.2, -0.15) is 4.98 Å². The van der Waals surface area contributed by atoms with Crippen molar-refractivity contribution in [2.75, 3.05) is 0 Å². The minimum absolute atomic E-state index is 0.390. The number of hydrogen-bond acceptors (Lipinski definition) is 2. The van der Waals surface area contributed by atoms with Crippen LogP contribution in [0, 0.1) is 0 Å². The molecular weight excluding hydrogens is 262 g/mol. The molecule has 1 aromatic heterocycles. The zero-order valence-corrected chi connectivity index (χ0v) is 10.6. The lowest BCUT2D eigenvalue weighted by Crippen LogP contribution is -2.05. The SMILES string of the molecule is O=c1nc(-c2ccccc2)n(-c2cccc(Cl)c2)[nH]1. The van der Waals surface area contributed by atoms with Crippen molar-refractivity contribution in [3.8, 4) is 17.1 Å². The lowest BCUT2D eigenvalue weighted by molar-refractivity contribution is 0.871. The molecule has 0 atom stereocenters. The zero-order valence-electron chi connectivity index (χ0n) is 9.88. The second kappa shape index (κ2) is 4.74. The maximum Gasteiger partial charge on any atom is 0.362 e. The van der Waals surface area contributed by atoms with E-state index in [1.165, 1.54) is 0 Å². The summed E-state index contributed by atoms with van der Waals surface area (Å²) in [5.74, 6) is 0.563. The van der Waals surface area contributed by atoms with Gasteiger partial charge in [-0.05, 0) is 18.2 Å². The lowest BCUT2D eigenvalue weighted by Gasteiger charge is -2.06. The third kappa shape index (κ3) is 2.30. The molecule has 0 saturated heterocycles. The Balaban J connectivity index is 2.21. The molecule has 0 aliphatic rings. The molecule has 4 nitrogen and oxygen atoms in total. The molecule has 2 aromatic carbocycles. The molecule has 0 unspecified atom stereocenters. The molecular formula is C14H10ClN3O. The van der Waals surface area contributed by atoms with E-state index in [0.717, 1.165) is 11.3 Å². The van der Waals surface area contributed by atoms with Crippen LogP contribution in [0.25, 0.3) is 17.1 Å². The van der Waals surface area contributed by atoms with Crippen molar-refractivity contribution >= 4 is 11.6 Å². The fourth-order valence-electron chi connectivity index (χ4n) is 1.90. The molecule has 0 aliphatic carbocycles. The van der Waals surface area contributed by atoms with Crippen LogP contribution in [0.5, 0.6) is 0 Å². The summed E-state index contributed by atoms with van der Waals surface area (Å²) >= 11 is 5.97. The highest BCUT2D eigenvalue weighted by atomic mass is 35.5. The normalized spacial score (nSPS) is 10.6. The summed E-state index contributed by atoms with van der Waals surface area (Å²) in [7, 11) is 0. The van der Waals surface area contributed by atoms with Crippen molar-refractivity contribution in [1.82, 2.24) is 14.8 Å². The van der Waals surface area contributed by atoms with Crippen molar-refractivity contribution in [3.05, 3.63) is 70.1 Å². The van der Waals surface area contributed by atoms with E-state index in [9.17, 15) is 4.79 Å². The van der Waals surface area contributed by atoms with E-state index in [2.05, 4.69) is 10.1 Å². The average Bonchev–Trinajstić information content (AvgIpc) is 2.82. The molecule has 0 fully saturated rings. The van der Waals surface area contributed by atoms with Gasteiger partial charge in [-0.15, -0.1) is 0 Å². The van der Waals surface area contributed by atoms with Gasteiger partial charge in [-0.25, -0.2) is 14.6 Å². The van der Waals surface area contributed by atoms with Gasteiger partial charge in [-0.1, -0.05) is 48.0 Å². The summed E-state index contributed by atoms with van der Waals surface area (Å²) in [5.41, 5.74) is 1.24. The Morgan fingerprint density at radius 3 is 2.58 bits per heavy atom. The van der Waals surface area contributed by atoms with Crippen LogP contribution in [0.1, 0.15) is 0 Å². The van der Waals surface area contributed by atoms with Crippen LogP contribution in [-0.2, 0) is 0 Å². The second-order valence-electron chi connectivity index (χ2n) is 4.03. The summed E-state index contributed by atoms with van der Waals surface area (Å²) in [6, 6.07) is 16.7. The molecule has 5 heteroatoms. The molecule has 0 amide bonds. The summed E-state index contributed by atoms with van der Waals surface area (Å²) in [6.45, 7) is 0. The van der Waals surface area contributed by atoms with Gasteiger partial charge in [0.25, 0.3) is 0 Å². The molecule has 0 aliphatic heterocycles. The Bertz CT molecular complexity index is 762. The number of halogens is 1. The minimum Gasteiger partial charge on any atom is -0.244 e. The number of nitrogens with zero attached hydrogens (tertiary/aromatic N) is 2. The predicted molar refractivity (Wildman–Crippen MR) is 74.6 cm³/mol. The van der Waals surface area contributed by atoms with Crippen molar-refractivity contribution in [2.45, 2.75) is 0 Å². The van der Waals surface area contributed by atoms with Crippen LogP contribution in [-0.4, -0.2) is 14.8 Å². The molecule has 19 heavy (non-hydrogen) atoms. The number of rotatable bonds is 2. The Morgan fingerprint density at radius 2 is 1.84 bits per heavy atom. The van der Waals surface area contributed by atoms with E-state index in [1.54, 1.807) is 16.8 Å². The first-order valence-electron chi connectivity index (χ1n) is 5.74. The Morgan fingerprint density at radius 1 is 1.05 bits per heavy atom. The lowest BCUT2D eigenvalue weighted by atomic mass is 10.2. The largest absolute Gasteiger partial charge is 0.362 e. The van der Waals surface area contributed by atoms with Gasteiger partial charge in [0, 0.05) is 10.6 Å². The molecule has 3 rings (SSSR count). The minimum atomic E-state index is -0.390. The van der Waals surface area contributed by atoms with Gasteiger partial charge >= 0.3 is 5.69 Å². The van der Waals surface area contributed by atoms with Gasteiger partial charge in [0.2, 0.25) is 0 Å². The number of benzene rings is 2. The summed E-state index contributed by atoms with van der Waals surface area (Å²) in [6.07, 6.45) is 0. The van der Waals surface area contributed by atoms with Crippen LogP contribution in [0.2, 0.25) is 5.02 Å². The first-order chi connectivity index (χ1) is 9.24. The van der Waals surface area contributed by atoms with Gasteiger partial charge < -0.3 is 0 Å². The van der Waals surface area contributed by atoms with E-state index < -0.39 is 0 Å². The maximum atomic E-state index is 11.5. The van der Waals surface area contributed by atoms with Crippen molar-refractivity contribution in [1.29, 1.82) is 0 Å². The predicted octanol–water partition coefficient (Wildman–Crippen LogP) is 2.88. The summed E-state index contributed by atoms with van der Waals surface area (Å²) in [4.78, 5) is 15.5. The quantitative estimate of drug-likeness (QED) is 0.779. The number of aromatic nitrogens is 3. The first-order valence-corrected chi connectivity index (χ1v) is 6.12. The molecule has 1 N–H and O–H groups in total. The smallest absolute Gasteiger partial charge is 0.244 e. The van der Waals surface area contributed by atoms with E-state index in [-0.39, 0.29) is 5.69 Å². The van der Waals surface area contributed by atoms with Crippen LogP contribution in [0.3, 0.4) is 0 Å². The topological polar surface area (TPSA) is 50.7 Å². The summed E-state index contributed by atoms with van der Waals surface area (Å²) < 4.78 is 1.63. The fourth-order valence-corrected chi connectivity index (χ4v) is 2.09. The van der Waals surface area contributed by atoms with E-state index >= 15 is 0 Å². The number of H-pyrrole nitrogens is 1. The van der Waals surface area contributed by atoms with Gasteiger partial charge in [-0.3, -0.25) is 0 Å². The molecule has 0 spiro atoms. The average molecular weight is 272 g/mol. The monoisotopic (exact) mass is 271 g/mol. The summed E-state index contributed by atoms with van der Waals surface area (Å²) in [5, 5.41) is 3.28. The van der Waals surface area contributed by atoms with E-state index in [1.807, 2.05) is 42.5 Å². The van der Waals surface area contributed by atoms with Crippen LogP contribution in [0.15, 0.2) is 59.4 Å². The van der Waals surface area contributed by atoms with Crippen LogP contribution >= 0.6 is 11.6 Å². The highest BCUT2D eigenvalue weighted by Crippen LogP contribution is 2.20. The highest BCUT2D eigenvalue weighted by molar-refractivity contribution is 6.30. The number of nitrogens with one attached hydrogen (secondary N) is 1. The number of aromatic amines is 1. The standard InChI is InChI=1S/C14H10ClN3O/c15-11-7-4-8-12(9-11)18-13(16-14(19)17-18)10-5-2-1-3-6-10/h1-9H,(H,17,19). The van der Waals surface area contributed by atoms with Gasteiger partial charge in [0.05, 0.1) is 5.69 Å². The molecule has 1 heterocycles. The molecule has 94 valence electrons. The third-order valence-electron chi connectivity index (χ3n) is 2.73. The van der Waals surface area contributed by atoms with Crippen LogP contribution < -0.4 is 5.69 Å². The Hall–Kier alpha value is -2.33. The third-order valence-corrected chi connectivity index (χ3v) is 2.96. The Kier molecular flexibility index (Phi) is 2.93. The van der Waals surface area contributed by atoms with Crippen molar-refractivity contribution in [2.24, 2.45) is 0 Å². The highest BCUT2D eigenvalue weighted by Gasteiger charge is 2.10. The second-order valence-corrected chi connectivity index (χ2v) is 4.47. The molecule has 0 saturated carbocycles. The van der Waals surface area contributed by atoms with E-state index in [0.29, 0.717) is 10.8 Å². The van der Waals surface area contributed by atoms with Gasteiger partial charge in [0.15, 0.2) is 5.82 Å². The van der Waals surface area contributed by atoms with Crippen molar-refractivity contribution < 1.29 is 0 Å². The fraction of sp³-hybridized carbons (Fsp3) is 0. The molecule has 0 bridgehead atoms. The molecule has 3 aromatic rings. The van der Waals surface area contributed by atoms with Crippen molar-refractivity contribution in [3.63, 3.8) is 0 Å². The zero-order chi connectivity index (χ0) is 13.2. The first kappa shape index (κ1) is 11.7. The van der Waals surface area contributed by atoms with Gasteiger partial charge in [0.1, 0.15) is 0 Å². The Labute approximate surface area is 114 Å². The number of hydrogen-bond donors (Lipinski definition) is 1. The van der Waals surface area contributed by atoms with Crippen LogP contribution in [0.4, 0.5) is 0 Å².